The molecule has 0 unspecified atom stereocenters. The minimum absolute atomic E-state index is 0.117. The Kier molecular flexibility index (Phi) is 11.1. The Balaban J connectivity index is 1.89. The maximum Gasteiger partial charge on any atom is 0.232 e. The first kappa shape index (κ1) is 24.9. The highest BCUT2D eigenvalue weighted by Crippen LogP contribution is 2.22. The van der Waals surface area contributed by atoms with Crippen molar-refractivity contribution in [1.82, 2.24) is 20.5 Å². The zero-order valence-electron chi connectivity index (χ0n) is 18.0. The Hall–Kier alpha value is -2.40. The van der Waals surface area contributed by atoms with Gasteiger partial charge < -0.3 is 30.6 Å². The molecule has 0 amide bonds. The van der Waals surface area contributed by atoms with Gasteiger partial charge in [0.1, 0.15) is 29.9 Å². The first-order valence-electron chi connectivity index (χ1n) is 10.1. The summed E-state index contributed by atoms with van der Waals surface area (Å²) in [6.45, 7) is 8.46. The number of ether oxygens (including phenoxy) is 3. The minimum atomic E-state index is -0.148. The summed E-state index contributed by atoms with van der Waals surface area (Å²) < 4.78 is 16.1. The zero-order chi connectivity index (χ0) is 22.5. The summed E-state index contributed by atoms with van der Waals surface area (Å²) in [5.41, 5.74) is 6.93. The molecule has 2 heterocycles. The van der Waals surface area contributed by atoms with Crippen molar-refractivity contribution in [3.05, 3.63) is 34.4 Å². The second-order valence-electron chi connectivity index (χ2n) is 6.90. The maximum atomic E-state index is 7.79. The van der Waals surface area contributed by atoms with E-state index in [2.05, 4.69) is 32.2 Å². The molecule has 1 saturated heterocycles. The number of nitrogens with one attached hydrogen (secondary N) is 3. The van der Waals surface area contributed by atoms with E-state index in [-0.39, 0.29) is 18.3 Å². The summed E-state index contributed by atoms with van der Waals surface area (Å²) in [5.74, 6) is 0.670. The number of pyridine rings is 1. The molecule has 0 bridgehead atoms. The fourth-order valence-electron chi connectivity index (χ4n) is 2.93. The van der Waals surface area contributed by atoms with Crippen LogP contribution in [0.15, 0.2) is 28.8 Å². The molecule has 5 N–H and O–H groups in total. The van der Waals surface area contributed by atoms with Crippen molar-refractivity contribution >= 4 is 24.2 Å². The summed E-state index contributed by atoms with van der Waals surface area (Å²) >= 11 is 6.34. The highest BCUT2D eigenvalue weighted by Gasteiger charge is 2.13. The number of nitrogens with two attached hydrogens (primary N) is 1. The molecule has 1 aliphatic rings. The van der Waals surface area contributed by atoms with Gasteiger partial charge in [-0.15, -0.1) is 0 Å². The lowest BCUT2D eigenvalue weighted by Gasteiger charge is -2.17. The average molecular weight is 454 g/mol. The van der Waals surface area contributed by atoms with Crippen molar-refractivity contribution in [2.75, 3.05) is 53.3 Å². The van der Waals surface area contributed by atoms with Crippen molar-refractivity contribution in [1.29, 1.82) is 5.41 Å². The molecule has 1 fully saturated rings. The molecule has 0 radical (unpaired) electrons. The van der Waals surface area contributed by atoms with E-state index >= 15 is 0 Å². The van der Waals surface area contributed by atoms with Gasteiger partial charge in [-0.2, -0.15) is 0 Å². The van der Waals surface area contributed by atoms with Crippen molar-refractivity contribution < 1.29 is 14.2 Å². The van der Waals surface area contributed by atoms with Gasteiger partial charge >= 0.3 is 0 Å². The maximum absolute atomic E-state index is 7.79. The van der Waals surface area contributed by atoms with Gasteiger partial charge in [0.25, 0.3) is 0 Å². The Labute approximate surface area is 188 Å². The second-order valence-corrected chi connectivity index (χ2v) is 7.31. The lowest BCUT2D eigenvalue weighted by atomic mass is 10.2. The lowest BCUT2D eigenvalue weighted by Crippen LogP contribution is -2.33. The smallest absolute Gasteiger partial charge is 0.232 e. The van der Waals surface area contributed by atoms with E-state index in [1.54, 1.807) is 19.4 Å². The van der Waals surface area contributed by atoms with Gasteiger partial charge in [-0.3, -0.25) is 10.3 Å². The quantitative estimate of drug-likeness (QED) is 0.143. The molecule has 1 aromatic rings. The second kappa shape index (κ2) is 13.8. The molecular formula is C20H32ClN7O3. The van der Waals surface area contributed by atoms with Gasteiger partial charge in [-0.1, -0.05) is 11.6 Å². The number of likely N-dealkylation sites (tertiary alicyclic amines) is 1. The van der Waals surface area contributed by atoms with Gasteiger partial charge in [-0.25, -0.2) is 9.98 Å². The van der Waals surface area contributed by atoms with Crippen LogP contribution >= 0.6 is 11.6 Å². The number of aliphatic imine (C=N–C) groups is 1. The summed E-state index contributed by atoms with van der Waals surface area (Å²) in [6.07, 6.45) is 4.18. The topological polar surface area (TPSA) is 130 Å². The third kappa shape index (κ3) is 8.70. The van der Waals surface area contributed by atoms with Crippen molar-refractivity contribution in [3.63, 3.8) is 0 Å². The normalized spacial score (nSPS) is 14.8. The van der Waals surface area contributed by atoms with Crippen LogP contribution in [-0.4, -0.2) is 75.7 Å². The van der Waals surface area contributed by atoms with E-state index in [0.29, 0.717) is 43.1 Å². The van der Waals surface area contributed by atoms with Crippen LogP contribution in [0, 0.1) is 5.41 Å². The molecule has 0 aromatic carbocycles. The van der Waals surface area contributed by atoms with Crippen LogP contribution in [0.25, 0.3) is 0 Å². The molecule has 0 atom stereocenters. The van der Waals surface area contributed by atoms with E-state index in [1.165, 1.54) is 12.8 Å². The molecule has 0 saturated carbocycles. The summed E-state index contributed by atoms with van der Waals surface area (Å²) in [4.78, 5) is 10.3. The Morgan fingerprint density at radius 2 is 2.10 bits per heavy atom. The highest BCUT2D eigenvalue weighted by atomic mass is 35.5. The zero-order valence-corrected chi connectivity index (χ0v) is 18.7. The number of nitrogens with zero attached hydrogens (tertiary/aromatic N) is 3. The molecule has 1 aromatic heterocycles. The van der Waals surface area contributed by atoms with Crippen LogP contribution in [0.3, 0.4) is 0 Å². The van der Waals surface area contributed by atoms with E-state index in [9.17, 15) is 0 Å². The standard InChI is InChI=1S/C20H32ClN7O3/c1-24-18(23)17(22)19(27-14-30-10-9-29-2)25-12-15-11-16(21)20(26-13-15)31-8-7-28-5-3-4-6-28/h11,13,23,25,27H,1,3-10,12,14,22H2,2H3/b19-17+,23-18?. The average Bonchev–Trinajstić information content (AvgIpc) is 3.29. The van der Waals surface area contributed by atoms with Crippen molar-refractivity contribution in [2.24, 2.45) is 10.7 Å². The Morgan fingerprint density at radius 3 is 2.77 bits per heavy atom. The van der Waals surface area contributed by atoms with Gasteiger partial charge in [0.15, 0.2) is 5.84 Å². The van der Waals surface area contributed by atoms with Gasteiger partial charge in [0, 0.05) is 26.4 Å². The molecule has 31 heavy (non-hydrogen) atoms. The Morgan fingerprint density at radius 1 is 1.32 bits per heavy atom. The van der Waals surface area contributed by atoms with Gasteiger partial charge in [-0.05, 0) is 44.3 Å². The minimum Gasteiger partial charge on any atom is -0.475 e. The SMILES string of the molecule is C=NC(=N)/C(N)=C(\NCOCCOC)NCc1cnc(OCCN2CCCC2)c(Cl)c1. The predicted octanol–water partition coefficient (Wildman–Crippen LogP) is 1.31. The third-order valence-electron chi connectivity index (χ3n) is 4.64. The number of methoxy groups -OCH3 is 1. The highest BCUT2D eigenvalue weighted by molar-refractivity contribution is 6.31. The Bertz CT molecular complexity index is 754. The molecule has 0 aliphatic carbocycles. The molecule has 0 spiro atoms. The first-order chi connectivity index (χ1) is 15.0. The number of halogens is 1. The van der Waals surface area contributed by atoms with E-state index in [0.717, 1.165) is 25.2 Å². The van der Waals surface area contributed by atoms with Crippen LogP contribution < -0.4 is 21.1 Å². The predicted molar refractivity (Wildman–Crippen MR) is 122 cm³/mol. The molecule has 11 heteroatoms. The van der Waals surface area contributed by atoms with E-state index in [1.807, 2.05) is 0 Å². The van der Waals surface area contributed by atoms with Crippen LogP contribution in [0.4, 0.5) is 0 Å². The fourth-order valence-corrected chi connectivity index (χ4v) is 3.17. The fraction of sp³-hybridized carbons (Fsp3) is 0.550. The molecular weight excluding hydrogens is 422 g/mol. The number of amidine groups is 1. The van der Waals surface area contributed by atoms with Crippen molar-refractivity contribution in [2.45, 2.75) is 19.4 Å². The molecule has 1 aliphatic heterocycles. The summed E-state index contributed by atoms with van der Waals surface area (Å²) in [7, 11) is 1.60. The van der Waals surface area contributed by atoms with Crippen LogP contribution in [0.2, 0.25) is 5.02 Å². The van der Waals surface area contributed by atoms with Crippen molar-refractivity contribution in [3.8, 4) is 5.88 Å². The van der Waals surface area contributed by atoms with Crippen LogP contribution in [0.5, 0.6) is 5.88 Å². The largest absolute Gasteiger partial charge is 0.475 e. The lowest BCUT2D eigenvalue weighted by molar-refractivity contribution is 0.0636. The van der Waals surface area contributed by atoms with E-state index < -0.39 is 0 Å². The number of hydrogen-bond acceptors (Lipinski definition) is 9. The summed E-state index contributed by atoms with van der Waals surface area (Å²) in [5, 5.41) is 14.4. The van der Waals surface area contributed by atoms with Crippen LogP contribution in [-0.2, 0) is 16.0 Å². The number of hydrogen-bond donors (Lipinski definition) is 4. The molecule has 172 valence electrons. The number of aromatic nitrogens is 1. The van der Waals surface area contributed by atoms with Gasteiger partial charge in [0.2, 0.25) is 5.88 Å². The van der Waals surface area contributed by atoms with Gasteiger partial charge in [0.05, 0.1) is 13.2 Å². The third-order valence-corrected chi connectivity index (χ3v) is 4.91. The number of rotatable bonds is 14. The monoisotopic (exact) mass is 453 g/mol. The van der Waals surface area contributed by atoms with E-state index in [4.69, 9.17) is 37.0 Å². The molecule has 10 nitrogen and oxygen atoms in total. The van der Waals surface area contributed by atoms with Crippen LogP contribution in [0.1, 0.15) is 18.4 Å². The first-order valence-corrected chi connectivity index (χ1v) is 10.5. The molecule has 2 rings (SSSR count). The summed E-state index contributed by atoms with van der Waals surface area (Å²) in [6, 6.07) is 1.78.